The minimum atomic E-state index is -0.444. The van der Waals surface area contributed by atoms with E-state index in [1.54, 1.807) is 6.20 Å². The Morgan fingerprint density at radius 3 is 2.83 bits per heavy atom. The number of amides is 1. The first-order valence-corrected chi connectivity index (χ1v) is 8.54. The van der Waals surface area contributed by atoms with Crippen molar-refractivity contribution in [2.75, 3.05) is 6.54 Å². The van der Waals surface area contributed by atoms with Gasteiger partial charge in [-0.15, -0.1) is 0 Å². The Balaban J connectivity index is 1.70. The molecule has 2 atom stereocenters. The van der Waals surface area contributed by atoms with Crippen LogP contribution in [-0.2, 0) is 11.2 Å². The number of carbonyl (C=O) groups excluding carboxylic acids is 1. The average molecular weight is 319 g/mol. The number of ether oxygens (including phenoxy) is 1. The highest BCUT2D eigenvalue weighted by Crippen LogP contribution is 2.19. The van der Waals surface area contributed by atoms with E-state index in [0.29, 0.717) is 6.04 Å². The normalized spacial score (nSPS) is 21.7. The van der Waals surface area contributed by atoms with E-state index in [1.165, 1.54) is 12.0 Å². The second-order valence-corrected chi connectivity index (χ2v) is 7.27. The van der Waals surface area contributed by atoms with E-state index in [0.717, 1.165) is 32.2 Å². The molecule has 1 aromatic heterocycles. The minimum Gasteiger partial charge on any atom is -0.444 e. The van der Waals surface area contributed by atoms with Gasteiger partial charge in [0.1, 0.15) is 5.60 Å². The molecule has 1 saturated carbocycles. The molecule has 1 fully saturated rings. The zero-order valence-corrected chi connectivity index (χ0v) is 14.5. The highest BCUT2D eigenvalue weighted by Gasteiger charge is 2.25. The Morgan fingerprint density at radius 1 is 1.35 bits per heavy atom. The van der Waals surface area contributed by atoms with Gasteiger partial charge in [-0.3, -0.25) is 4.98 Å². The molecule has 23 heavy (non-hydrogen) atoms. The number of nitrogens with zero attached hydrogens (tertiary/aromatic N) is 1. The predicted octanol–water partition coefficient (Wildman–Crippen LogP) is 3.05. The van der Waals surface area contributed by atoms with Gasteiger partial charge in [0.25, 0.3) is 0 Å². The topological polar surface area (TPSA) is 63.2 Å². The number of aromatic nitrogens is 1. The van der Waals surface area contributed by atoms with Crippen molar-refractivity contribution >= 4 is 6.09 Å². The second-order valence-electron chi connectivity index (χ2n) is 7.27. The van der Waals surface area contributed by atoms with Crippen molar-refractivity contribution in [2.45, 2.75) is 70.6 Å². The lowest BCUT2D eigenvalue weighted by Crippen LogP contribution is -2.46. The molecule has 1 heterocycles. The fourth-order valence-corrected chi connectivity index (χ4v) is 2.95. The maximum Gasteiger partial charge on any atom is 0.407 e. The monoisotopic (exact) mass is 319 g/mol. The third-order valence-electron chi connectivity index (χ3n) is 3.96. The Hall–Kier alpha value is -1.62. The van der Waals surface area contributed by atoms with E-state index in [2.05, 4.69) is 21.7 Å². The molecule has 1 aromatic rings. The fourth-order valence-electron chi connectivity index (χ4n) is 2.95. The molecule has 128 valence electrons. The highest BCUT2D eigenvalue weighted by molar-refractivity contribution is 5.68. The summed E-state index contributed by atoms with van der Waals surface area (Å²) in [5.41, 5.74) is 0.805. The van der Waals surface area contributed by atoms with E-state index in [-0.39, 0.29) is 12.1 Å². The summed E-state index contributed by atoms with van der Waals surface area (Å²) < 4.78 is 5.34. The summed E-state index contributed by atoms with van der Waals surface area (Å²) in [6.45, 7) is 6.60. The van der Waals surface area contributed by atoms with E-state index in [9.17, 15) is 4.79 Å². The molecule has 0 spiro atoms. The number of hydrogen-bond acceptors (Lipinski definition) is 4. The maximum atomic E-state index is 11.9. The summed E-state index contributed by atoms with van der Waals surface area (Å²) in [6, 6.07) is 4.73. The molecule has 0 bridgehead atoms. The lowest BCUT2D eigenvalue weighted by Gasteiger charge is -2.31. The second kappa shape index (κ2) is 8.29. The van der Waals surface area contributed by atoms with Gasteiger partial charge in [0, 0.05) is 24.5 Å². The molecular weight excluding hydrogens is 290 g/mol. The Bertz CT molecular complexity index is 485. The van der Waals surface area contributed by atoms with Crippen LogP contribution in [0.3, 0.4) is 0 Å². The highest BCUT2D eigenvalue weighted by atomic mass is 16.6. The lowest BCUT2D eigenvalue weighted by atomic mass is 9.91. The first-order chi connectivity index (χ1) is 10.9. The average Bonchev–Trinajstić information content (AvgIpc) is 2.46. The van der Waals surface area contributed by atoms with Crippen LogP contribution in [-0.4, -0.2) is 35.3 Å². The van der Waals surface area contributed by atoms with Gasteiger partial charge in [-0.05, 0) is 71.0 Å². The third kappa shape index (κ3) is 6.99. The van der Waals surface area contributed by atoms with Crippen LogP contribution >= 0.6 is 0 Å². The van der Waals surface area contributed by atoms with Crippen molar-refractivity contribution in [1.29, 1.82) is 0 Å². The van der Waals surface area contributed by atoms with Gasteiger partial charge in [-0.1, -0.05) is 6.07 Å². The molecule has 5 nitrogen and oxygen atoms in total. The number of alkyl carbamates (subject to hydrolysis) is 1. The van der Waals surface area contributed by atoms with Crippen LogP contribution in [0.5, 0.6) is 0 Å². The summed E-state index contributed by atoms with van der Waals surface area (Å²) in [5.74, 6) is 0. The van der Waals surface area contributed by atoms with Crippen LogP contribution < -0.4 is 10.6 Å². The van der Waals surface area contributed by atoms with Gasteiger partial charge in [0.15, 0.2) is 0 Å². The molecule has 0 saturated heterocycles. The smallest absolute Gasteiger partial charge is 0.407 e. The standard InChI is InChI=1S/C18H29N3O2/c1-18(2,3)23-17(22)21-16-8-4-7-15(12-16)20-11-9-14-6-5-10-19-13-14/h5-6,10,13,15-16,20H,4,7-9,11-12H2,1-3H3,(H,21,22). The quantitative estimate of drug-likeness (QED) is 0.875. The number of rotatable bonds is 5. The third-order valence-corrected chi connectivity index (χ3v) is 3.96. The number of hydrogen-bond donors (Lipinski definition) is 2. The molecule has 0 radical (unpaired) electrons. The maximum absolute atomic E-state index is 11.9. The lowest BCUT2D eigenvalue weighted by molar-refractivity contribution is 0.0489. The largest absolute Gasteiger partial charge is 0.444 e. The summed E-state index contributed by atoms with van der Waals surface area (Å²) >= 11 is 0. The molecule has 5 heteroatoms. The van der Waals surface area contributed by atoms with E-state index < -0.39 is 5.60 Å². The first kappa shape index (κ1) is 17.7. The molecular formula is C18H29N3O2. The van der Waals surface area contributed by atoms with Crippen LogP contribution in [0, 0.1) is 0 Å². The molecule has 1 amide bonds. The van der Waals surface area contributed by atoms with Gasteiger partial charge in [-0.25, -0.2) is 4.79 Å². The molecule has 2 rings (SSSR count). The molecule has 0 aliphatic heterocycles. The van der Waals surface area contributed by atoms with E-state index >= 15 is 0 Å². The predicted molar refractivity (Wildman–Crippen MR) is 91.4 cm³/mol. The van der Waals surface area contributed by atoms with Crippen molar-refractivity contribution in [3.63, 3.8) is 0 Å². The van der Waals surface area contributed by atoms with Gasteiger partial charge < -0.3 is 15.4 Å². The Kier molecular flexibility index (Phi) is 6.39. The number of pyridine rings is 1. The minimum absolute atomic E-state index is 0.203. The van der Waals surface area contributed by atoms with Crippen LogP contribution in [0.25, 0.3) is 0 Å². The molecule has 2 unspecified atom stereocenters. The van der Waals surface area contributed by atoms with Crippen molar-refractivity contribution in [3.8, 4) is 0 Å². The zero-order chi connectivity index (χ0) is 16.7. The summed E-state index contributed by atoms with van der Waals surface area (Å²) in [6.07, 6.45) is 8.67. The van der Waals surface area contributed by atoms with Crippen molar-refractivity contribution in [2.24, 2.45) is 0 Å². The number of carbonyl (C=O) groups is 1. The van der Waals surface area contributed by atoms with Gasteiger partial charge >= 0.3 is 6.09 Å². The van der Waals surface area contributed by atoms with Crippen LogP contribution in [0.4, 0.5) is 4.79 Å². The Morgan fingerprint density at radius 2 is 2.13 bits per heavy atom. The first-order valence-electron chi connectivity index (χ1n) is 8.54. The molecule has 1 aliphatic rings. The van der Waals surface area contributed by atoms with Crippen LogP contribution in [0.1, 0.15) is 52.0 Å². The van der Waals surface area contributed by atoms with Crippen LogP contribution in [0.2, 0.25) is 0 Å². The van der Waals surface area contributed by atoms with E-state index in [1.807, 2.05) is 33.0 Å². The van der Waals surface area contributed by atoms with Crippen LogP contribution in [0.15, 0.2) is 24.5 Å². The van der Waals surface area contributed by atoms with Crippen molar-refractivity contribution in [1.82, 2.24) is 15.6 Å². The molecule has 1 aliphatic carbocycles. The number of nitrogens with one attached hydrogen (secondary N) is 2. The zero-order valence-electron chi connectivity index (χ0n) is 14.5. The van der Waals surface area contributed by atoms with Gasteiger partial charge in [0.05, 0.1) is 0 Å². The molecule has 0 aromatic carbocycles. The SMILES string of the molecule is CC(C)(C)OC(=O)NC1CCCC(NCCc2cccnc2)C1. The fraction of sp³-hybridized carbons (Fsp3) is 0.667. The van der Waals surface area contributed by atoms with E-state index in [4.69, 9.17) is 4.74 Å². The summed E-state index contributed by atoms with van der Waals surface area (Å²) in [4.78, 5) is 16.0. The molecule has 2 N–H and O–H groups in total. The summed E-state index contributed by atoms with van der Waals surface area (Å²) in [5, 5.41) is 6.60. The van der Waals surface area contributed by atoms with Crippen molar-refractivity contribution < 1.29 is 9.53 Å². The van der Waals surface area contributed by atoms with Gasteiger partial charge in [-0.2, -0.15) is 0 Å². The van der Waals surface area contributed by atoms with Crippen molar-refractivity contribution in [3.05, 3.63) is 30.1 Å². The summed E-state index contributed by atoms with van der Waals surface area (Å²) in [7, 11) is 0. The Labute approximate surface area is 139 Å². The van der Waals surface area contributed by atoms with Gasteiger partial charge in [0.2, 0.25) is 0 Å².